The summed E-state index contributed by atoms with van der Waals surface area (Å²) in [4.78, 5) is 15.0. The predicted octanol–water partition coefficient (Wildman–Crippen LogP) is -1.01. The summed E-state index contributed by atoms with van der Waals surface area (Å²) in [5, 5.41) is 3.16. The molecule has 1 saturated heterocycles. The van der Waals surface area contributed by atoms with Gasteiger partial charge in [0.2, 0.25) is 0 Å². The molecule has 1 aliphatic rings. The molecule has 0 radical (unpaired) electrons. The zero-order valence-corrected chi connectivity index (χ0v) is 10.6. The lowest BCUT2D eigenvalue weighted by atomic mass is 10.4. The van der Waals surface area contributed by atoms with Gasteiger partial charge in [-0.2, -0.15) is 0 Å². The van der Waals surface area contributed by atoms with Gasteiger partial charge in [0.1, 0.15) is 9.84 Å². The van der Waals surface area contributed by atoms with Crippen LogP contribution in [-0.2, 0) is 9.84 Å². The van der Waals surface area contributed by atoms with E-state index in [1.54, 1.807) is 11.9 Å². The van der Waals surface area contributed by atoms with Crippen molar-refractivity contribution in [2.75, 3.05) is 51.8 Å². The Balaban J connectivity index is 2.40. The van der Waals surface area contributed by atoms with Gasteiger partial charge in [-0.1, -0.05) is 0 Å². The van der Waals surface area contributed by atoms with E-state index in [1.807, 2.05) is 0 Å². The fourth-order valence-electron chi connectivity index (χ4n) is 1.50. The second-order valence-electron chi connectivity index (χ2n) is 4.07. The molecule has 1 fully saturated rings. The number of carbonyl (C=O) groups excluding carboxylic acids is 1. The summed E-state index contributed by atoms with van der Waals surface area (Å²) in [6, 6.07) is -0.0925. The van der Waals surface area contributed by atoms with E-state index in [0.29, 0.717) is 13.1 Å². The molecular weight excluding hydrogens is 230 g/mol. The Bertz CT molecular complexity index is 336. The first-order chi connectivity index (χ1) is 7.40. The van der Waals surface area contributed by atoms with E-state index in [4.69, 9.17) is 0 Å². The molecule has 0 aromatic rings. The maximum atomic E-state index is 11.8. The standard InChI is InChI=1S/C9H19N3O3S/c1-11(7-8-16(2,14)15)9(13)12-5-3-10-4-6-12/h10H,3-8H2,1-2H3. The highest BCUT2D eigenvalue weighted by Gasteiger charge is 2.20. The largest absolute Gasteiger partial charge is 0.327 e. The second kappa shape index (κ2) is 5.49. The molecule has 1 heterocycles. The lowest BCUT2D eigenvalue weighted by molar-refractivity contribution is 0.158. The Morgan fingerprint density at radius 1 is 1.38 bits per heavy atom. The smallest absolute Gasteiger partial charge is 0.319 e. The number of urea groups is 1. The Hall–Kier alpha value is -0.820. The van der Waals surface area contributed by atoms with Gasteiger partial charge in [0.05, 0.1) is 5.75 Å². The van der Waals surface area contributed by atoms with Gasteiger partial charge in [-0.25, -0.2) is 13.2 Å². The van der Waals surface area contributed by atoms with Gasteiger partial charge in [0.15, 0.2) is 0 Å². The van der Waals surface area contributed by atoms with Crippen LogP contribution in [0.2, 0.25) is 0 Å². The summed E-state index contributed by atoms with van der Waals surface area (Å²) in [7, 11) is -1.37. The third kappa shape index (κ3) is 4.36. The van der Waals surface area contributed by atoms with E-state index in [9.17, 15) is 13.2 Å². The third-order valence-electron chi connectivity index (χ3n) is 2.51. The molecule has 1 N–H and O–H groups in total. The Morgan fingerprint density at radius 2 is 1.94 bits per heavy atom. The molecule has 2 amide bonds. The van der Waals surface area contributed by atoms with Crippen LogP contribution in [0.5, 0.6) is 0 Å². The van der Waals surface area contributed by atoms with Crippen molar-refractivity contribution in [3.63, 3.8) is 0 Å². The predicted molar refractivity (Wildman–Crippen MR) is 62.2 cm³/mol. The molecule has 0 aromatic carbocycles. The van der Waals surface area contributed by atoms with E-state index in [2.05, 4.69) is 5.32 Å². The molecule has 0 aromatic heterocycles. The Morgan fingerprint density at radius 3 is 2.44 bits per heavy atom. The monoisotopic (exact) mass is 249 g/mol. The molecule has 0 saturated carbocycles. The molecule has 0 unspecified atom stereocenters. The normalized spacial score (nSPS) is 17.2. The van der Waals surface area contributed by atoms with Crippen LogP contribution in [0.25, 0.3) is 0 Å². The van der Waals surface area contributed by atoms with E-state index < -0.39 is 9.84 Å². The highest BCUT2D eigenvalue weighted by atomic mass is 32.2. The van der Waals surface area contributed by atoms with Crippen molar-refractivity contribution in [2.45, 2.75) is 0 Å². The number of piperazine rings is 1. The van der Waals surface area contributed by atoms with Crippen molar-refractivity contribution in [1.29, 1.82) is 0 Å². The van der Waals surface area contributed by atoms with Crippen LogP contribution in [0.15, 0.2) is 0 Å². The van der Waals surface area contributed by atoms with E-state index in [1.165, 1.54) is 11.2 Å². The van der Waals surface area contributed by atoms with Crippen LogP contribution < -0.4 is 5.32 Å². The number of hydrogen-bond donors (Lipinski definition) is 1. The van der Waals surface area contributed by atoms with Gasteiger partial charge in [-0.3, -0.25) is 0 Å². The van der Waals surface area contributed by atoms with Crippen LogP contribution in [-0.4, -0.2) is 76.0 Å². The molecule has 94 valence electrons. The molecule has 1 rings (SSSR count). The first-order valence-electron chi connectivity index (χ1n) is 5.28. The van der Waals surface area contributed by atoms with Gasteiger partial charge >= 0.3 is 6.03 Å². The average Bonchev–Trinajstić information content (AvgIpc) is 2.25. The van der Waals surface area contributed by atoms with Crippen molar-refractivity contribution in [2.24, 2.45) is 0 Å². The van der Waals surface area contributed by atoms with Crippen LogP contribution in [0.3, 0.4) is 0 Å². The van der Waals surface area contributed by atoms with Crippen molar-refractivity contribution in [3.05, 3.63) is 0 Å². The van der Waals surface area contributed by atoms with Gasteiger partial charge in [-0.15, -0.1) is 0 Å². The van der Waals surface area contributed by atoms with E-state index in [-0.39, 0.29) is 18.3 Å². The minimum Gasteiger partial charge on any atom is -0.327 e. The number of sulfone groups is 1. The zero-order valence-electron chi connectivity index (χ0n) is 9.77. The summed E-state index contributed by atoms with van der Waals surface area (Å²) in [5.74, 6) is 0.0152. The molecule has 0 spiro atoms. The van der Waals surface area contributed by atoms with Crippen LogP contribution in [0.1, 0.15) is 0 Å². The second-order valence-corrected chi connectivity index (χ2v) is 6.33. The SMILES string of the molecule is CN(CCS(C)(=O)=O)C(=O)N1CCNCC1. The molecule has 7 heteroatoms. The summed E-state index contributed by atoms with van der Waals surface area (Å²) >= 11 is 0. The first-order valence-corrected chi connectivity index (χ1v) is 7.35. The quantitative estimate of drug-likeness (QED) is 0.695. The molecule has 1 aliphatic heterocycles. The minimum absolute atomic E-state index is 0.0152. The van der Waals surface area contributed by atoms with Gasteiger partial charge in [0.25, 0.3) is 0 Å². The summed E-state index contributed by atoms with van der Waals surface area (Å²) in [6.07, 6.45) is 1.18. The maximum absolute atomic E-state index is 11.8. The maximum Gasteiger partial charge on any atom is 0.319 e. The average molecular weight is 249 g/mol. The topological polar surface area (TPSA) is 69.7 Å². The molecule has 0 atom stereocenters. The fourth-order valence-corrected chi connectivity index (χ4v) is 2.10. The van der Waals surface area contributed by atoms with Crippen LogP contribution in [0, 0.1) is 0 Å². The minimum atomic E-state index is -3.01. The van der Waals surface area contributed by atoms with Gasteiger partial charge in [-0.05, 0) is 0 Å². The molecular formula is C9H19N3O3S. The summed E-state index contributed by atoms with van der Waals surface area (Å²) < 4.78 is 21.9. The highest BCUT2D eigenvalue weighted by molar-refractivity contribution is 7.90. The van der Waals surface area contributed by atoms with Crippen molar-refractivity contribution < 1.29 is 13.2 Å². The number of nitrogens with zero attached hydrogens (tertiary/aromatic N) is 2. The molecule has 16 heavy (non-hydrogen) atoms. The Kier molecular flexibility index (Phi) is 4.55. The zero-order chi connectivity index (χ0) is 12.2. The van der Waals surface area contributed by atoms with Crippen molar-refractivity contribution in [3.8, 4) is 0 Å². The first kappa shape index (κ1) is 13.2. The molecule has 0 bridgehead atoms. The lowest BCUT2D eigenvalue weighted by Crippen LogP contribution is -2.51. The van der Waals surface area contributed by atoms with Gasteiger partial charge in [0, 0.05) is 46.0 Å². The van der Waals surface area contributed by atoms with Crippen LogP contribution in [0.4, 0.5) is 4.79 Å². The summed E-state index contributed by atoms with van der Waals surface area (Å²) in [5.41, 5.74) is 0. The number of amides is 2. The third-order valence-corrected chi connectivity index (χ3v) is 3.44. The van der Waals surface area contributed by atoms with Crippen molar-refractivity contribution >= 4 is 15.9 Å². The van der Waals surface area contributed by atoms with Crippen LogP contribution >= 0.6 is 0 Å². The fraction of sp³-hybridized carbons (Fsp3) is 0.889. The van der Waals surface area contributed by atoms with Crippen molar-refractivity contribution in [1.82, 2.24) is 15.1 Å². The molecule has 0 aliphatic carbocycles. The Labute approximate surface area is 96.5 Å². The highest BCUT2D eigenvalue weighted by Crippen LogP contribution is 1.99. The molecule has 6 nitrogen and oxygen atoms in total. The van der Waals surface area contributed by atoms with E-state index >= 15 is 0 Å². The number of carbonyl (C=O) groups is 1. The number of hydrogen-bond acceptors (Lipinski definition) is 4. The number of nitrogens with one attached hydrogen (secondary N) is 1. The number of rotatable bonds is 3. The summed E-state index contributed by atoms with van der Waals surface area (Å²) in [6.45, 7) is 3.21. The van der Waals surface area contributed by atoms with E-state index in [0.717, 1.165) is 13.1 Å². The van der Waals surface area contributed by atoms with Gasteiger partial charge < -0.3 is 15.1 Å². The lowest BCUT2D eigenvalue weighted by Gasteiger charge is -2.31.